The van der Waals surface area contributed by atoms with E-state index < -0.39 is 0 Å². The molecule has 0 atom stereocenters. The zero-order valence-corrected chi connectivity index (χ0v) is 13.9. The minimum Gasteiger partial charge on any atom is -0.508 e. The monoisotopic (exact) mass is 319 g/mol. The summed E-state index contributed by atoms with van der Waals surface area (Å²) in [4.78, 5) is 14.3. The maximum absolute atomic E-state index is 12.4. The number of phenolic OH excluding ortho intramolecular Hbond substituents is 1. The van der Waals surface area contributed by atoms with Crippen LogP contribution in [0.1, 0.15) is 50.5 Å². The third kappa shape index (κ3) is 6.22. The lowest BCUT2D eigenvalue weighted by molar-refractivity contribution is -0.132. The summed E-state index contributed by atoms with van der Waals surface area (Å²) in [5.41, 5.74) is 1.14. The summed E-state index contributed by atoms with van der Waals surface area (Å²) in [6, 6.07) is 7.15. The first-order valence-electron chi connectivity index (χ1n) is 8.85. The van der Waals surface area contributed by atoms with E-state index in [-0.39, 0.29) is 18.3 Å². The van der Waals surface area contributed by atoms with E-state index >= 15 is 0 Å². The number of hydrogen-bond acceptors (Lipinski definition) is 3. The van der Waals surface area contributed by atoms with Crippen LogP contribution in [0.4, 0.5) is 0 Å². The second-order valence-corrected chi connectivity index (χ2v) is 6.59. The molecule has 1 aliphatic rings. The second kappa shape index (κ2) is 9.56. The average molecular weight is 319 g/mol. The molecule has 0 aliphatic heterocycles. The highest BCUT2D eigenvalue weighted by molar-refractivity contribution is 5.76. The minimum absolute atomic E-state index is 0.0381. The third-order valence-corrected chi connectivity index (χ3v) is 4.72. The van der Waals surface area contributed by atoms with E-state index in [9.17, 15) is 15.0 Å². The van der Waals surface area contributed by atoms with Crippen molar-refractivity contribution >= 4 is 5.91 Å². The summed E-state index contributed by atoms with van der Waals surface area (Å²) in [6.45, 7) is 1.30. The molecule has 0 saturated heterocycles. The first kappa shape index (κ1) is 17.8. The average Bonchev–Trinajstić information content (AvgIpc) is 2.57. The molecular formula is C19H29NO3. The fraction of sp³-hybridized carbons (Fsp3) is 0.632. The molecule has 23 heavy (non-hydrogen) atoms. The SMILES string of the molecule is O=C(CCCc1ccc(O)cc1)N(CCO)CC1CCCCC1. The molecule has 4 heteroatoms. The Kier molecular flexibility index (Phi) is 7.40. The normalized spacial score (nSPS) is 15.5. The van der Waals surface area contributed by atoms with Gasteiger partial charge in [-0.25, -0.2) is 0 Å². The lowest BCUT2D eigenvalue weighted by Crippen LogP contribution is -2.38. The van der Waals surface area contributed by atoms with Gasteiger partial charge < -0.3 is 15.1 Å². The van der Waals surface area contributed by atoms with Gasteiger partial charge in [0.25, 0.3) is 0 Å². The van der Waals surface area contributed by atoms with E-state index in [0.717, 1.165) is 24.9 Å². The van der Waals surface area contributed by atoms with Gasteiger partial charge in [-0.05, 0) is 49.3 Å². The Morgan fingerprint density at radius 2 is 1.83 bits per heavy atom. The molecule has 1 aliphatic carbocycles. The molecule has 0 heterocycles. The Hall–Kier alpha value is -1.55. The van der Waals surface area contributed by atoms with Gasteiger partial charge in [-0.3, -0.25) is 4.79 Å². The Balaban J connectivity index is 1.76. The highest BCUT2D eigenvalue weighted by atomic mass is 16.3. The van der Waals surface area contributed by atoms with Crippen LogP contribution in [-0.2, 0) is 11.2 Å². The molecule has 0 bridgehead atoms. The van der Waals surface area contributed by atoms with Crippen molar-refractivity contribution in [3.8, 4) is 5.75 Å². The largest absolute Gasteiger partial charge is 0.508 e. The summed E-state index contributed by atoms with van der Waals surface area (Å²) >= 11 is 0. The van der Waals surface area contributed by atoms with E-state index in [2.05, 4.69) is 0 Å². The van der Waals surface area contributed by atoms with Crippen LogP contribution in [0.3, 0.4) is 0 Å². The molecule has 1 fully saturated rings. The predicted molar refractivity (Wildman–Crippen MR) is 91.3 cm³/mol. The molecule has 0 spiro atoms. The molecule has 128 valence electrons. The molecule has 0 aromatic heterocycles. The van der Waals surface area contributed by atoms with Crippen LogP contribution in [0.2, 0.25) is 0 Å². The lowest BCUT2D eigenvalue weighted by atomic mass is 9.89. The lowest BCUT2D eigenvalue weighted by Gasteiger charge is -2.29. The van der Waals surface area contributed by atoms with Crippen LogP contribution in [-0.4, -0.2) is 40.7 Å². The van der Waals surface area contributed by atoms with Crippen molar-refractivity contribution in [2.45, 2.75) is 51.4 Å². The van der Waals surface area contributed by atoms with Crippen LogP contribution < -0.4 is 0 Å². The van der Waals surface area contributed by atoms with E-state index in [0.29, 0.717) is 18.9 Å². The van der Waals surface area contributed by atoms with Gasteiger partial charge in [0.2, 0.25) is 5.91 Å². The number of aliphatic hydroxyl groups is 1. The number of aliphatic hydroxyl groups excluding tert-OH is 1. The Morgan fingerprint density at radius 3 is 2.48 bits per heavy atom. The van der Waals surface area contributed by atoms with E-state index in [1.54, 1.807) is 12.1 Å². The van der Waals surface area contributed by atoms with Gasteiger partial charge in [-0.15, -0.1) is 0 Å². The number of nitrogens with zero attached hydrogens (tertiary/aromatic N) is 1. The Labute approximate surface area is 139 Å². The molecular weight excluding hydrogens is 290 g/mol. The topological polar surface area (TPSA) is 60.8 Å². The summed E-state index contributed by atoms with van der Waals surface area (Å²) in [5, 5.41) is 18.5. The maximum Gasteiger partial charge on any atom is 0.222 e. The van der Waals surface area contributed by atoms with E-state index in [1.807, 2.05) is 17.0 Å². The van der Waals surface area contributed by atoms with Gasteiger partial charge in [0, 0.05) is 19.5 Å². The first-order valence-corrected chi connectivity index (χ1v) is 8.85. The van der Waals surface area contributed by atoms with Crippen LogP contribution in [0.25, 0.3) is 0 Å². The van der Waals surface area contributed by atoms with E-state index in [1.165, 1.54) is 32.1 Å². The van der Waals surface area contributed by atoms with Gasteiger partial charge in [0.05, 0.1) is 6.61 Å². The molecule has 1 aromatic rings. The predicted octanol–water partition coefficient (Wildman–Crippen LogP) is 3.12. The number of hydrogen-bond donors (Lipinski definition) is 2. The Morgan fingerprint density at radius 1 is 1.13 bits per heavy atom. The minimum atomic E-state index is 0.0381. The summed E-state index contributed by atoms with van der Waals surface area (Å²) in [5.74, 6) is 1.03. The van der Waals surface area contributed by atoms with Crippen molar-refractivity contribution < 1.29 is 15.0 Å². The smallest absolute Gasteiger partial charge is 0.222 e. The number of benzene rings is 1. The zero-order valence-electron chi connectivity index (χ0n) is 13.9. The van der Waals surface area contributed by atoms with Crippen molar-refractivity contribution in [1.29, 1.82) is 0 Å². The number of carbonyl (C=O) groups excluding carboxylic acids is 1. The van der Waals surface area contributed by atoms with Crippen molar-refractivity contribution in [1.82, 2.24) is 4.90 Å². The molecule has 1 amide bonds. The fourth-order valence-electron chi connectivity index (χ4n) is 3.38. The molecule has 4 nitrogen and oxygen atoms in total. The van der Waals surface area contributed by atoms with Gasteiger partial charge in [0.1, 0.15) is 5.75 Å². The Bertz CT molecular complexity index is 466. The van der Waals surface area contributed by atoms with Gasteiger partial charge in [-0.1, -0.05) is 31.4 Å². The third-order valence-electron chi connectivity index (χ3n) is 4.72. The number of aromatic hydroxyl groups is 1. The second-order valence-electron chi connectivity index (χ2n) is 6.59. The number of phenols is 1. The standard InChI is InChI=1S/C19H29NO3/c21-14-13-20(15-17-5-2-1-3-6-17)19(23)8-4-7-16-9-11-18(22)12-10-16/h9-12,17,21-22H,1-8,13-15H2. The van der Waals surface area contributed by atoms with E-state index in [4.69, 9.17) is 0 Å². The van der Waals surface area contributed by atoms with Crippen LogP contribution in [0, 0.1) is 5.92 Å². The van der Waals surface area contributed by atoms with Crippen molar-refractivity contribution in [3.05, 3.63) is 29.8 Å². The number of rotatable bonds is 8. The van der Waals surface area contributed by atoms with Crippen LogP contribution in [0.15, 0.2) is 24.3 Å². The number of carbonyl (C=O) groups is 1. The molecule has 0 unspecified atom stereocenters. The first-order chi connectivity index (χ1) is 11.2. The highest BCUT2D eigenvalue weighted by Crippen LogP contribution is 2.24. The zero-order chi connectivity index (χ0) is 16.5. The molecule has 2 N–H and O–H groups in total. The highest BCUT2D eigenvalue weighted by Gasteiger charge is 2.20. The molecule has 1 aromatic carbocycles. The quantitative estimate of drug-likeness (QED) is 0.774. The molecule has 2 rings (SSSR count). The van der Waals surface area contributed by atoms with Crippen molar-refractivity contribution in [2.24, 2.45) is 5.92 Å². The van der Waals surface area contributed by atoms with Crippen molar-refractivity contribution in [2.75, 3.05) is 19.7 Å². The maximum atomic E-state index is 12.4. The van der Waals surface area contributed by atoms with Crippen LogP contribution >= 0.6 is 0 Å². The molecule has 0 radical (unpaired) electrons. The molecule has 1 saturated carbocycles. The number of amides is 1. The van der Waals surface area contributed by atoms with Gasteiger partial charge in [0.15, 0.2) is 0 Å². The summed E-state index contributed by atoms with van der Waals surface area (Å²) in [7, 11) is 0. The summed E-state index contributed by atoms with van der Waals surface area (Å²) < 4.78 is 0. The number of aryl methyl sites for hydroxylation is 1. The van der Waals surface area contributed by atoms with Gasteiger partial charge >= 0.3 is 0 Å². The fourth-order valence-corrected chi connectivity index (χ4v) is 3.38. The van der Waals surface area contributed by atoms with Crippen molar-refractivity contribution in [3.63, 3.8) is 0 Å². The van der Waals surface area contributed by atoms with Gasteiger partial charge in [-0.2, -0.15) is 0 Å². The van der Waals surface area contributed by atoms with Crippen LogP contribution in [0.5, 0.6) is 5.75 Å². The summed E-state index contributed by atoms with van der Waals surface area (Å²) in [6.07, 6.45) is 8.44.